The van der Waals surface area contributed by atoms with E-state index in [1.165, 1.54) is 33.4 Å². The second-order valence-electron chi connectivity index (χ2n) is 10.9. The molecule has 0 unspecified atom stereocenters. The Bertz CT molecular complexity index is 1710. The molecule has 1 N–H and O–H groups in total. The van der Waals surface area contributed by atoms with Gasteiger partial charge in [-0.05, 0) is 69.8 Å². The van der Waals surface area contributed by atoms with Crippen LogP contribution in [0.25, 0.3) is 44.5 Å². The molecule has 0 fully saturated rings. The first-order valence-corrected chi connectivity index (χ1v) is 13.6. The molecule has 0 aliphatic carbocycles. The van der Waals surface area contributed by atoms with Crippen LogP contribution in [-0.4, -0.2) is 9.97 Å². The lowest BCUT2D eigenvalue weighted by atomic mass is 9.73. The molecule has 6 aromatic rings. The van der Waals surface area contributed by atoms with Crippen LogP contribution in [0.2, 0.25) is 0 Å². The maximum absolute atomic E-state index is 4.57. The molecule has 3 heterocycles. The Morgan fingerprint density at radius 2 is 0.825 bits per heavy atom. The van der Waals surface area contributed by atoms with Crippen LogP contribution in [0, 0.1) is 0 Å². The van der Waals surface area contributed by atoms with Crippen molar-refractivity contribution in [1.82, 2.24) is 9.97 Å². The average molecular weight is 516 g/mol. The molecule has 2 aromatic heterocycles. The average Bonchev–Trinajstić information content (AvgIpc) is 3.02. The first-order valence-electron chi connectivity index (χ1n) is 13.6. The summed E-state index contributed by atoms with van der Waals surface area (Å²) in [5.41, 5.74) is 13.8. The molecule has 0 saturated carbocycles. The zero-order valence-electron chi connectivity index (χ0n) is 22.6. The third-order valence-electron chi connectivity index (χ3n) is 8.01. The highest BCUT2D eigenvalue weighted by Crippen LogP contribution is 2.47. The van der Waals surface area contributed by atoms with Gasteiger partial charge in [-0.3, -0.25) is 9.97 Å². The first kappa shape index (κ1) is 24.1. The minimum atomic E-state index is -0.198. The van der Waals surface area contributed by atoms with Crippen LogP contribution in [0.4, 0.5) is 11.4 Å². The number of nitrogens with zero attached hydrogens (tertiary/aromatic N) is 2. The van der Waals surface area contributed by atoms with E-state index in [0.717, 1.165) is 33.6 Å². The summed E-state index contributed by atoms with van der Waals surface area (Å²) < 4.78 is 0. The van der Waals surface area contributed by atoms with E-state index < -0.39 is 0 Å². The van der Waals surface area contributed by atoms with Crippen molar-refractivity contribution in [2.75, 3.05) is 5.32 Å². The van der Waals surface area contributed by atoms with Crippen molar-refractivity contribution in [2.45, 2.75) is 19.3 Å². The molecule has 0 radical (unpaired) electrons. The third-order valence-corrected chi connectivity index (χ3v) is 8.01. The van der Waals surface area contributed by atoms with Crippen molar-refractivity contribution in [3.8, 4) is 44.5 Å². The molecule has 1 aliphatic rings. The van der Waals surface area contributed by atoms with Gasteiger partial charge >= 0.3 is 0 Å². The van der Waals surface area contributed by atoms with Crippen LogP contribution in [-0.2, 0) is 5.41 Å². The lowest BCUT2D eigenvalue weighted by Crippen LogP contribution is -2.26. The predicted molar refractivity (Wildman–Crippen MR) is 166 cm³/mol. The fourth-order valence-electron chi connectivity index (χ4n) is 5.76. The van der Waals surface area contributed by atoms with Crippen molar-refractivity contribution in [1.29, 1.82) is 0 Å². The van der Waals surface area contributed by atoms with Gasteiger partial charge in [0.15, 0.2) is 0 Å². The monoisotopic (exact) mass is 515 g/mol. The number of hydrogen-bond acceptors (Lipinski definition) is 3. The zero-order valence-corrected chi connectivity index (χ0v) is 22.6. The standard InChI is InChI=1S/C37H29N3/c1-37(2)33-19-27(31-17-29(21-38-23-31)25-9-5-3-6-10-25)13-15-35(33)40-36-16-14-28(20-34(36)37)32-18-30(22-39-24-32)26-11-7-4-8-12-26/h3-24,40H,1-2H3. The molecular weight excluding hydrogens is 486 g/mol. The second-order valence-corrected chi connectivity index (χ2v) is 10.9. The minimum Gasteiger partial charge on any atom is -0.355 e. The molecule has 0 saturated heterocycles. The van der Waals surface area contributed by atoms with Gasteiger partial charge in [0.05, 0.1) is 0 Å². The highest BCUT2D eigenvalue weighted by atomic mass is 14.9. The van der Waals surface area contributed by atoms with Crippen LogP contribution in [0.1, 0.15) is 25.0 Å². The van der Waals surface area contributed by atoms with Gasteiger partial charge < -0.3 is 5.32 Å². The van der Waals surface area contributed by atoms with E-state index in [9.17, 15) is 0 Å². The largest absolute Gasteiger partial charge is 0.355 e. The van der Waals surface area contributed by atoms with Crippen molar-refractivity contribution in [3.05, 3.63) is 145 Å². The molecule has 4 aromatic carbocycles. The third kappa shape index (κ3) is 4.26. The van der Waals surface area contributed by atoms with Crippen LogP contribution in [0.5, 0.6) is 0 Å². The fraction of sp³-hybridized carbons (Fsp3) is 0.0811. The molecule has 0 amide bonds. The van der Waals surface area contributed by atoms with Gasteiger partial charge in [-0.2, -0.15) is 0 Å². The van der Waals surface area contributed by atoms with E-state index in [1.807, 2.05) is 36.9 Å². The van der Waals surface area contributed by atoms with Crippen molar-refractivity contribution >= 4 is 11.4 Å². The summed E-state index contributed by atoms with van der Waals surface area (Å²) in [4.78, 5) is 9.15. The number of anilines is 2. The quantitative estimate of drug-likeness (QED) is 0.254. The van der Waals surface area contributed by atoms with Crippen molar-refractivity contribution in [3.63, 3.8) is 0 Å². The Morgan fingerprint density at radius 3 is 1.25 bits per heavy atom. The van der Waals surface area contributed by atoms with E-state index in [2.05, 4.69) is 126 Å². The number of aromatic nitrogens is 2. The number of pyridine rings is 2. The Hall–Kier alpha value is -5.02. The predicted octanol–water partition coefficient (Wildman–Crippen LogP) is 9.53. The maximum atomic E-state index is 4.57. The highest BCUT2D eigenvalue weighted by molar-refractivity contribution is 5.83. The summed E-state index contributed by atoms with van der Waals surface area (Å²) in [6.07, 6.45) is 7.77. The summed E-state index contributed by atoms with van der Waals surface area (Å²) in [6.45, 7) is 4.63. The normalized spacial score (nSPS) is 13.2. The van der Waals surface area contributed by atoms with E-state index in [0.29, 0.717) is 0 Å². The summed E-state index contributed by atoms with van der Waals surface area (Å²) in [7, 11) is 0. The summed E-state index contributed by atoms with van der Waals surface area (Å²) in [5.74, 6) is 0. The molecule has 3 nitrogen and oxygen atoms in total. The molecule has 1 aliphatic heterocycles. The summed E-state index contributed by atoms with van der Waals surface area (Å²) in [6, 6.07) is 38.7. The van der Waals surface area contributed by atoms with Gasteiger partial charge in [0.2, 0.25) is 0 Å². The number of fused-ring (bicyclic) bond motifs is 2. The molecule has 40 heavy (non-hydrogen) atoms. The smallest absolute Gasteiger partial charge is 0.0426 e. The molecule has 0 atom stereocenters. The van der Waals surface area contributed by atoms with E-state index in [-0.39, 0.29) is 5.41 Å². The number of hydrogen-bond donors (Lipinski definition) is 1. The fourth-order valence-corrected chi connectivity index (χ4v) is 5.76. The Labute approximate surface area is 235 Å². The van der Waals surface area contributed by atoms with Crippen molar-refractivity contribution < 1.29 is 0 Å². The molecule has 3 heteroatoms. The Balaban J connectivity index is 1.26. The maximum Gasteiger partial charge on any atom is 0.0426 e. The van der Waals surface area contributed by atoms with Crippen LogP contribution in [0.15, 0.2) is 134 Å². The van der Waals surface area contributed by atoms with Gasteiger partial charge in [0, 0.05) is 63.8 Å². The topological polar surface area (TPSA) is 37.8 Å². The molecule has 0 bridgehead atoms. The molecular formula is C37H29N3. The molecule has 7 rings (SSSR count). The number of nitrogens with one attached hydrogen (secondary N) is 1. The lowest BCUT2D eigenvalue weighted by molar-refractivity contribution is 0.638. The van der Waals surface area contributed by atoms with E-state index in [1.54, 1.807) is 0 Å². The van der Waals surface area contributed by atoms with Gasteiger partial charge in [0.1, 0.15) is 0 Å². The summed E-state index contributed by atoms with van der Waals surface area (Å²) in [5, 5.41) is 3.70. The highest BCUT2D eigenvalue weighted by Gasteiger charge is 2.33. The Morgan fingerprint density at radius 1 is 0.425 bits per heavy atom. The second kappa shape index (κ2) is 9.62. The van der Waals surface area contributed by atoms with E-state index in [4.69, 9.17) is 0 Å². The summed E-state index contributed by atoms with van der Waals surface area (Å²) >= 11 is 0. The number of benzene rings is 4. The zero-order chi connectivity index (χ0) is 27.1. The molecule has 0 spiro atoms. The van der Waals surface area contributed by atoms with Crippen molar-refractivity contribution in [2.24, 2.45) is 0 Å². The van der Waals surface area contributed by atoms with Crippen LogP contribution >= 0.6 is 0 Å². The molecule has 192 valence electrons. The van der Waals surface area contributed by atoms with Gasteiger partial charge in [-0.15, -0.1) is 0 Å². The van der Waals surface area contributed by atoms with Gasteiger partial charge in [0.25, 0.3) is 0 Å². The van der Waals surface area contributed by atoms with Gasteiger partial charge in [-0.1, -0.05) is 86.6 Å². The first-order chi connectivity index (χ1) is 19.6. The van der Waals surface area contributed by atoms with Crippen LogP contribution in [0.3, 0.4) is 0 Å². The minimum absolute atomic E-state index is 0.198. The Kier molecular flexibility index (Phi) is 5.78. The SMILES string of the molecule is CC1(C)c2cc(-c3cncc(-c4ccccc4)c3)ccc2Nc2ccc(-c3cncc(-c4ccccc4)c3)cc21. The van der Waals surface area contributed by atoms with E-state index >= 15 is 0 Å². The number of rotatable bonds is 4. The van der Waals surface area contributed by atoms with Crippen LogP contribution < -0.4 is 5.32 Å². The lowest BCUT2D eigenvalue weighted by Gasteiger charge is -2.36. The van der Waals surface area contributed by atoms with Gasteiger partial charge in [-0.25, -0.2) is 0 Å².